The van der Waals surface area contributed by atoms with E-state index < -0.39 is 12.1 Å². The number of methoxy groups -OCH3 is 1. The average molecular weight is 390 g/mol. The van der Waals surface area contributed by atoms with Crippen LogP contribution in [-0.4, -0.2) is 59.9 Å². The number of carboxylic acid groups (broad SMARTS) is 1. The fourth-order valence-corrected chi connectivity index (χ4v) is 2.94. The van der Waals surface area contributed by atoms with Gasteiger partial charge in [0, 0.05) is 12.1 Å². The minimum atomic E-state index is -1.09. The van der Waals surface area contributed by atoms with Crippen LogP contribution in [0.3, 0.4) is 0 Å². The third-order valence-corrected chi connectivity index (χ3v) is 4.59. The molecule has 150 valence electrons. The number of aryl methyl sites for hydroxylation is 2. The number of amides is 1. The maximum Gasteiger partial charge on any atom is 0.334 e. The van der Waals surface area contributed by atoms with E-state index in [1.165, 1.54) is 12.0 Å². The van der Waals surface area contributed by atoms with Crippen molar-refractivity contribution in [1.82, 2.24) is 10.1 Å². The number of nitrogens with zero attached hydrogens (tertiary/aromatic N) is 2. The van der Waals surface area contributed by atoms with Gasteiger partial charge in [-0.2, -0.15) is 0 Å². The molecule has 1 aliphatic heterocycles. The van der Waals surface area contributed by atoms with Gasteiger partial charge >= 0.3 is 5.97 Å². The predicted octanol–water partition coefficient (Wildman–Crippen LogP) is 1.80. The molecule has 0 radical (unpaired) electrons. The summed E-state index contributed by atoms with van der Waals surface area (Å²) in [5, 5.41) is 13.0. The van der Waals surface area contributed by atoms with E-state index in [-0.39, 0.29) is 25.7 Å². The molecule has 9 heteroatoms. The molecule has 2 aromatic rings. The fourth-order valence-electron chi connectivity index (χ4n) is 2.94. The number of aromatic nitrogens is 1. The molecule has 2 heterocycles. The van der Waals surface area contributed by atoms with E-state index >= 15 is 0 Å². The summed E-state index contributed by atoms with van der Waals surface area (Å²) in [5.74, 6) is 0.192. The molecular formula is C19H22N2O7. The van der Waals surface area contributed by atoms with Gasteiger partial charge in [0.05, 0.1) is 31.5 Å². The van der Waals surface area contributed by atoms with E-state index in [0.29, 0.717) is 29.4 Å². The molecule has 9 nitrogen and oxygen atoms in total. The van der Waals surface area contributed by atoms with Gasteiger partial charge in [-0.15, -0.1) is 0 Å². The summed E-state index contributed by atoms with van der Waals surface area (Å²) in [5.41, 5.74) is 1.99. The Balaban J connectivity index is 1.73. The lowest BCUT2D eigenvalue weighted by Gasteiger charge is -2.31. The van der Waals surface area contributed by atoms with Gasteiger partial charge in [-0.05, 0) is 32.0 Å². The van der Waals surface area contributed by atoms with Crippen molar-refractivity contribution < 1.29 is 33.4 Å². The average Bonchev–Trinajstić information content (AvgIpc) is 3.03. The van der Waals surface area contributed by atoms with Crippen LogP contribution >= 0.6 is 0 Å². The van der Waals surface area contributed by atoms with E-state index in [4.69, 9.17) is 23.8 Å². The molecule has 0 bridgehead atoms. The first-order valence-corrected chi connectivity index (χ1v) is 8.77. The van der Waals surface area contributed by atoms with Crippen LogP contribution in [0.15, 0.2) is 22.7 Å². The van der Waals surface area contributed by atoms with Gasteiger partial charge < -0.3 is 28.7 Å². The summed E-state index contributed by atoms with van der Waals surface area (Å²) < 4.78 is 21.5. The third kappa shape index (κ3) is 4.09. The maximum absolute atomic E-state index is 12.7. The summed E-state index contributed by atoms with van der Waals surface area (Å²) in [6, 6.07) is 4.86. The van der Waals surface area contributed by atoms with Crippen LogP contribution in [0.5, 0.6) is 11.5 Å². The summed E-state index contributed by atoms with van der Waals surface area (Å²) in [6.45, 7) is 4.41. The lowest BCUT2D eigenvalue weighted by atomic mass is 10.1. The SMILES string of the molecule is COc1cc(C(=O)N2CCOC(C(=O)O)C2)ccc1OCc1c(C)noc1C. The number of hydrogen-bond donors (Lipinski definition) is 1. The highest BCUT2D eigenvalue weighted by molar-refractivity contribution is 5.95. The minimum absolute atomic E-state index is 0.000771. The molecule has 0 aliphatic carbocycles. The summed E-state index contributed by atoms with van der Waals surface area (Å²) >= 11 is 0. The van der Waals surface area contributed by atoms with Crippen LogP contribution in [0.25, 0.3) is 0 Å². The molecule has 28 heavy (non-hydrogen) atoms. The minimum Gasteiger partial charge on any atom is -0.493 e. The Morgan fingerprint density at radius 3 is 2.75 bits per heavy atom. The van der Waals surface area contributed by atoms with Crippen LogP contribution in [0.4, 0.5) is 0 Å². The van der Waals surface area contributed by atoms with Crippen molar-refractivity contribution in [3.63, 3.8) is 0 Å². The highest BCUT2D eigenvalue weighted by Crippen LogP contribution is 2.30. The zero-order chi connectivity index (χ0) is 20.3. The van der Waals surface area contributed by atoms with Crippen molar-refractivity contribution in [2.45, 2.75) is 26.6 Å². The van der Waals surface area contributed by atoms with Gasteiger partial charge in [-0.25, -0.2) is 4.79 Å². The Morgan fingerprint density at radius 2 is 2.11 bits per heavy atom. The Labute approximate surface area is 161 Å². The molecular weight excluding hydrogens is 368 g/mol. The standard InChI is InChI=1S/C19H22N2O7/c1-11-14(12(2)28-20-11)10-27-15-5-4-13(8-16(15)25-3)18(22)21-6-7-26-17(9-21)19(23)24/h4-5,8,17H,6-7,9-10H2,1-3H3,(H,23,24). The quantitative estimate of drug-likeness (QED) is 0.795. The molecule has 1 saturated heterocycles. The molecule has 1 unspecified atom stereocenters. The van der Waals surface area contributed by atoms with Crippen LogP contribution in [0.2, 0.25) is 0 Å². The number of benzene rings is 1. The monoisotopic (exact) mass is 390 g/mol. The second-order valence-electron chi connectivity index (χ2n) is 6.41. The number of carboxylic acids is 1. The molecule has 1 N–H and O–H groups in total. The van der Waals surface area contributed by atoms with Crippen molar-refractivity contribution in [3.8, 4) is 11.5 Å². The Morgan fingerprint density at radius 1 is 1.32 bits per heavy atom. The first kappa shape index (κ1) is 19.7. The molecule has 1 amide bonds. The topological polar surface area (TPSA) is 111 Å². The molecule has 1 aromatic heterocycles. The Kier molecular flexibility index (Phi) is 5.84. The molecule has 0 spiro atoms. The lowest BCUT2D eigenvalue weighted by Crippen LogP contribution is -2.48. The Hall–Kier alpha value is -3.07. The van der Waals surface area contributed by atoms with E-state index in [0.717, 1.165) is 11.3 Å². The normalized spacial score (nSPS) is 16.7. The number of carbonyl (C=O) groups excluding carboxylic acids is 1. The van der Waals surface area contributed by atoms with Gasteiger partial charge in [0.2, 0.25) is 0 Å². The van der Waals surface area contributed by atoms with Crippen LogP contribution < -0.4 is 9.47 Å². The number of hydrogen-bond acceptors (Lipinski definition) is 7. The van der Waals surface area contributed by atoms with E-state index in [1.807, 2.05) is 13.8 Å². The van der Waals surface area contributed by atoms with Crippen molar-refractivity contribution >= 4 is 11.9 Å². The van der Waals surface area contributed by atoms with Crippen molar-refractivity contribution in [1.29, 1.82) is 0 Å². The highest BCUT2D eigenvalue weighted by Gasteiger charge is 2.29. The van der Waals surface area contributed by atoms with E-state index in [9.17, 15) is 9.59 Å². The molecule has 1 aromatic carbocycles. The smallest absolute Gasteiger partial charge is 0.334 e. The van der Waals surface area contributed by atoms with Crippen LogP contribution in [0, 0.1) is 13.8 Å². The van der Waals surface area contributed by atoms with Gasteiger partial charge in [0.1, 0.15) is 12.4 Å². The van der Waals surface area contributed by atoms with Crippen molar-refractivity contribution in [3.05, 3.63) is 40.8 Å². The lowest BCUT2D eigenvalue weighted by molar-refractivity contribution is -0.154. The molecule has 3 rings (SSSR count). The highest BCUT2D eigenvalue weighted by atomic mass is 16.5. The van der Waals surface area contributed by atoms with Gasteiger partial charge in [0.15, 0.2) is 17.6 Å². The number of aliphatic carboxylic acids is 1. The molecule has 1 fully saturated rings. The zero-order valence-electron chi connectivity index (χ0n) is 15.9. The van der Waals surface area contributed by atoms with E-state index in [1.54, 1.807) is 18.2 Å². The summed E-state index contributed by atoms with van der Waals surface area (Å²) in [4.78, 5) is 25.3. The summed E-state index contributed by atoms with van der Waals surface area (Å²) in [7, 11) is 1.49. The van der Waals surface area contributed by atoms with Crippen molar-refractivity contribution in [2.24, 2.45) is 0 Å². The number of morpholine rings is 1. The fraction of sp³-hybridized carbons (Fsp3) is 0.421. The van der Waals surface area contributed by atoms with Gasteiger partial charge in [-0.1, -0.05) is 5.16 Å². The first-order chi connectivity index (χ1) is 13.4. The first-order valence-electron chi connectivity index (χ1n) is 8.77. The number of carbonyl (C=O) groups is 2. The van der Waals surface area contributed by atoms with Crippen LogP contribution in [0.1, 0.15) is 27.4 Å². The second kappa shape index (κ2) is 8.30. The molecule has 1 atom stereocenters. The van der Waals surface area contributed by atoms with Crippen LogP contribution in [-0.2, 0) is 16.1 Å². The zero-order valence-corrected chi connectivity index (χ0v) is 15.9. The van der Waals surface area contributed by atoms with E-state index in [2.05, 4.69) is 5.16 Å². The van der Waals surface area contributed by atoms with Crippen molar-refractivity contribution in [2.75, 3.05) is 26.8 Å². The van der Waals surface area contributed by atoms with Gasteiger partial charge in [0.25, 0.3) is 5.91 Å². The molecule has 0 saturated carbocycles. The Bertz CT molecular complexity index is 858. The van der Waals surface area contributed by atoms with Gasteiger partial charge in [-0.3, -0.25) is 4.79 Å². The number of rotatable bonds is 6. The summed E-state index contributed by atoms with van der Waals surface area (Å²) in [6.07, 6.45) is -1.02. The molecule has 1 aliphatic rings. The number of ether oxygens (including phenoxy) is 3. The second-order valence-corrected chi connectivity index (χ2v) is 6.41. The predicted molar refractivity (Wildman–Crippen MR) is 96.6 cm³/mol. The third-order valence-electron chi connectivity index (χ3n) is 4.59. The maximum atomic E-state index is 12.7. The largest absolute Gasteiger partial charge is 0.493 e.